The second-order valence-electron chi connectivity index (χ2n) is 7.29. The van der Waals surface area contributed by atoms with E-state index in [0.29, 0.717) is 18.0 Å². The molecule has 1 atom stereocenters. The van der Waals surface area contributed by atoms with Crippen LogP contribution in [0, 0.1) is 5.92 Å². The van der Waals surface area contributed by atoms with Crippen molar-refractivity contribution < 1.29 is 9.59 Å². The van der Waals surface area contributed by atoms with Crippen molar-refractivity contribution in [1.29, 1.82) is 0 Å². The van der Waals surface area contributed by atoms with Gasteiger partial charge >= 0.3 is 0 Å². The molecule has 1 aromatic heterocycles. The van der Waals surface area contributed by atoms with E-state index in [0.717, 1.165) is 51.2 Å². The van der Waals surface area contributed by atoms with Crippen molar-refractivity contribution in [3.8, 4) is 0 Å². The predicted octanol–water partition coefficient (Wildman–Crippen LogP) is 1.81. The Kier molecular flexibility index (Phi) is 3.62. The molecule has 3 heterocycles. The molecule has 23 heavy (non-hydrogen) atoms. The lowest BCUT2D eigenvalue weighted by Crippen LogP contribution is -2.47. The summed E-state index contributed by atoms with van der Waals surface area (Å²) < 4.78 is 0. The number of nitrogens with zero attached hydrogens (tertiary/aromatic N) is 3. The van der Waals surface area contributed by atoms with Crippen LogP contribution in [0.3, 0.4) is 0 Å². The van der Waals surface area contributed by atoms with Gasteiger partial charge in [0.1, 0.15) is 5.69 Å². The summed E-state index contributed by atoms with van der Waals surface area (Å²) in [4.78, 5) is 29.0. The SMILES string of the molecule is O=C(c1ccn[nH]1)N1CCCC2(CCC(=O)N2CC2CC2)CC1. The number of aromatic nitrogens is 2. The second kappa shape index (κ2) is 5.65. The molecule has 1 spiro atoms. The molecule has 2 saturated heterocycles. The number of hydrogen-bond donors (Lipinski definition) is 1. The monoisotopic (exact) mass is 316 g/mol. The van der Waals surface area contributed by atoms with Gasteiger partial charge < -0.3 is 9.80 Å². The highest BCUT2D eigenvalue weighted by molar-refractivity contribution is 5.92. The van der Waals surface area contributed by atoms with Gasteiger partial charge in [-0.1, -0.05) is 0 Å². The molecule has 0 aromatic carbocycles. The zero-order chi connectivity index (χ0) is 15.9. The molecule has 0 radical (unpaired) electrons. The number of rotatable bonds is 3. The molecule has 124 valence electrons. The summed E-state index contributed by atoms with van der Waals surface area (Å²) in [7, 11) is 0. The zero-order valence-electron chi connectivity index (χ0n) is 13.5. The summed E-state index contributed by atoms with van der Waals surface area (Å²) in [5, 5.41) is 6.63. The largest absolute Gasteiger partial charge is 0.337 e. The lowest BCUT2D eigenvalue weighted by atomic mass is 9.87. The van der Waals surface area contributed by atoms with Crippen LogP contribution in [0.2, 0.25) is 0 Å². The highest BCUT2D eigenvalue weighted by Gasteiger charge is 2.47. The van der Waals surface area contributed by atoms with E-state index in [-0.39, 0.29) is 11.4 Å². The fourth-order valence-electron chi connectivity index (χ4n) is 4.18. The lowest BCUT2D eigenvalue weighted by Gasteiger charge is -2.38. The number of H-pyrrole nitrogens is 1. The van der Waals surface area contributed by atoms with Gasteiger partial charge in [-0.25, -0.2) is 0 Å². The number of amides is 2. The Balaban J connectivity index is 1.47. The Labute approximate surface area is 136 Å². The molecule has 1 aromatic rings. The minimum atomic E-state index is 0.00267. The van der Waals surface area contributed by atoms with E-state index >= 15 is 0 Å². The van der Waals surface area contributed by atoms with E-state index in [9.17, 15) is 9.59 Å². The summed E-state index contributed by atoms with van der Waals surface area (Å²) in [6.45, 7) is 2.44. The van der Waals surface area contributed by atoms with Gasteiger partial charge in [0.2, 0.25) is 5.91 Å². The average Bonchev–Trinajstić information content (AvgIpc) is 3.18. The van der Waals surface area contributed by atoms with Crippen LogP contribution >= 0.6 is 0 Å². The molecule has 1 N–H and O–H groups in total. The normalized spacial score (nSPS) is 28.4. The molecule has 0 bridgehead atoms. The van der Waals surface area contributed by atoms with E-state index in [1.54, 1.807) is 12.3 Å². The van der Waals surface area contributed by atoms with Crippen LogP contribution in [0.5, 0.6) is 0 Å². The van der Waals surface area contributed by atoms with Gasteiger partial charge in [-0.3, -0.25) is 14.7 Å². The molecule has 3 fully saturated rings. The van der Waals surface area contributed by atoms with Crippen molar-refractivity contribution >= 4 is 11.8 Å². The summed E-state index contributed by atoms with van der Waals surface area (Å²) in [5.74, 6) is 1.07. The summed E-state index contributed by atoms with van der Waals surface area (Å²) in [5.41, 5.74) is 0.557. The topological polar surface area (TPSA) is 69.3 Å². The van der Waals surface area contributed by atoms with Gasteiger partial charge in [0.25, 0.3) is 5.91 Å². The number of nitrogens with one attached hydrogen (secondary N) is 1. The van der Waals surface area contributed by atoms with Crippen LogP contribution < -0.4 is 0 Å². The van der Waals surface area contributed by atoms with E-state index < -0.39 is 0 Å². The number of likely N-dealkylation sites (tertiary alicyclic amines) is 2. The highest BCUT2D eigenvalue weighted by Crippen LogP contribution is 2.42. The molecule has 2 aliphatic heterocycles. The van der Waals surface area contributed by atoms with E-state index in [2.05, 4.69) is 15.1 Å². The third-order valence-corrected chi connectivity index (χ3v) is 5.75. The van der Waals surface area contributed by atoms with Gasteiger partial charge in [0, 0.05) is 37.8 Å². The third-order valence-electron chi connectivity index (χ3n) is 5.75. The highest BCUT2D eigenvalue weighted by atomic mass is 16.2. The maximum atomic E-state index is 12.5. The van der Waals surface area contributed by atoms with Crippen LogP contribution in [0.4, 0.5) is 0 Å². The second-order valence-corrected chi connectivity index (χ2v) is 7.29. The van der Waals surface area contributed by atoms with Gasteiger partial charge in [-0.2, -0.15) is 5.10 Å². The van der Waals surface area contributed by atoms with Gasteiger partial charge in [0.15, 0.2) is 0 Å². The van der Waals surface area contributed by atoms with E-state index in [4.69, 9.17) is 0 Å². The molecular formula is C17H24N4O2. The zero-order valence-corrected chi connectivity index (χ0v) is 13.5. The average molecular weight is 316 g/mol. The molecule has 1 aliphatic carbocycles. The van der Waals surface area contributed by atoms with Crippen LogP contribution in [0.25, 0.3) is 0 Å². The molecule has 1 saturated carbocycles. The van der Waals surface area contributed by atoms with Crippen molar-refractivity contribution in [2.75, 3.05) is 19.6 Å². The Morgan fingerprint density at radius 3 is 2.91 bits per heavy atom. The molecule has 6 nitrogen and oxygen atoms in total. The fourth-order valence-corrected chi connectivity index (χ4v) is 4.18. The quantitative estimate of drug-likeness (QED) is 0.924. The van der Waals surface area contributed by atoms with Crippen molar-refractivity contribution in [2.24, 2.45) is 5.92 Å². The number of carbonyl (C=O) groups excluding carboxylic acids is 2. The minimum Gasteiger partial charge on any atom is -0.337 e. The van der Waals surface area contributed by atoms with Crippen LogP contribution in [-0.4, -0.2) is 57.0 Å². The summed E-state index contributed by atoms with van der Waals surface area (Å²) in [6, 6.07) is 1.72. The first-order chi connectivity index (χ1) is 11.2. The predicted molar refractivity (Wildman–Crippen MR) is 84.7 cm³/mol. The van der Waals surface area contributed by atoms with Crippen molar-refractivity contribution in [1.82, 2.24) is 20.0 Å². The number of hydrogen-bond acceptors (Lipinski definition) is 3. The smallest absolute Gasteiger partial charge is 0.271 e. The molecule has 4 rings (SSSR count). The van der Waals surface area contributed by atoms with Gasteiger partial charge in [-0.05, 0) is 50.5 Å². The van der Waals surface area contributed by atoms with Crippen LogP contribution in [0.1, 0.15) is 55.4 Å². The maximum absolute atomic E-state index is 12.5. The Morgan fingerprint density at radius 2 is 2.17 bits per heavy atom. The molecule has 1 unspecified atom stereocenters. The van der Waals surface area contributed by atoms with Crippen LogP contribution in [0.15, 0.2) is 12.3 Å². The summed E-state index contributed by atoms with van der Waals surface area (Å²) in [6.07, 6.45) is 8.69. The first-order valence-corrected chi connectivity index (χ1v) is 8.77. The number of aromatic amines is 1. The lowest BCUT2D eigenvalue weighted by molar-refractivity contribution is -0.131. The maximum Gasteiger partial charge on any atom is 0.271 e. The van der Waals surface area contributed by atoms with Crippen molar-refractivity contribution in [3.63, 3.8) is 0 Å². The minimum absolute atomic E-state index is 0.00267. The fraction of sp³-hybridized carbons (Fsp3) is 0.706. The Hall–Kier alpha value is -1.85. The summed E-state index contributed by atoms with van der Waals surface area (Å²) >= 11 is 0. The molecule has 6 heteroatoms. The van der Waals surface area contributed by atoms with Crippen LogP contribution in [-0.2, 0) is 4.79 Å². The first-order valence-electron chi connectivity index (χ1n) is 8.77. The van der Waals surface area contributed by atoms with E-state index in [1.807, 2.05) is 4.90 Å². The first kappa shape index (κ1) is 14.7. The molecule has 3 aliphatic rings. The molecule has 2 amide bonds. The van der Waals surface area contributed by atoms with Crippen molar-refractivity contribution in [2.45, 2.75) is 50.5 Å². The number of carbonyl (C=O) groups is 2. The third kappa shape index (κ3) is 2.75. The van der Waals surface area contributed by atoms with Gasteiger partial charge in [-0.15, -0.1) is 0 Å². The Morgan fingerprint density at radius 1 is 1.30 bits per heavy atom. The van der Waals surface area contributed by atoms with Gasteiger partial charge in [0.05, 0.1) is 0 Å². The van der Waals surface area contributed by atoms with E-state index in [1.165, 1.54) is 12.8 Å². The standard InChI is InChI=1S/C17H24N4O2/c22-15-4-7-17(21(15)12-13-2-3-13)6-1-10-20(11-8-17)16(23)14-5-9-18-19-14/h5,9,13H,1-4,6-8,10-12H2,(H,18,19). The Bertz CT molecular complexity index is 596. The van der Waals surface area contributed by atoms with Crippen molar-refractivity contribution in [3.05, 3.63) is 18.0 Å². The molecular weight excluding hydrogens is 292 g/mol.